The first-order valence-electron chi connectivity index (χ1n) is 9.82. The van der Waals surface area contributed by atoms with Gasteiger partial charge >= 0.3 is 6.61 Å². The Balaban J connectivity index is 1.89. The van der Waals surface area contributed by atoms with Gasteiger partial charge in [-0.25, -0.2) is 4.98 Å². The van der Waals surface area contributed by atoms with Crippen LogP contribution in [0.3, 0.4) is 0 Å². The molecule has 9 heteroatoms. The number of carbonyl (C=O) groups excluding carboxylic acids is 1. The van der Waals surface area contributed by atoms with Crippen LogP contribution in [0.4, 0.5) is 14.6 Å². The highest BCUT2D eigenvalue weighted by molar-refractivity contribution is 6.01. The number of benzene rings is 1. The summed E-state index contributed by atoms with van der Waals surface area (Å²) in [5, 5.41) is 7.36. The van der Waals surface area contributed by atoms with Crippen molar-refractivity contribution in [2.45, 2.75) is 32.8 Å². The molecule has 0 aliphatic rings. The molecule has 168 valence electrons. The number of anilines is 1. The minimum Gasteiger partial charge on any atom is -0.493 e. The van der Waals surface area contributed by atoms with Gasteiger partial charge in [0, 0.05) is 29.3 Å². The van der Waals surface area contributed by atoms with Gasteiger partial charge in [0.2, 0.25) is 5.91 Å². The van der Waals surface area contributed by atoms with Gasteiger partial charge in [-0.1, -0.05) is 39.0 Å². The first-order valence-corrected chi connectivity index (χ1v) is 9.82. The Morgan fingerprint density at radius 1 is 1.19 bits per heavy atom. The number of aromatic nitrogens is 3. The number of hydrogen-bond donors (Lipinski definition) is 1. The van der Waals surface area contributed by atoms with Crippen LogP contribution in [0.2, 0.25) is 0 Å². The predicted octanol–water partition coefficient (Wildman–Crippen LogP) is 4.83. The summed E-state index contributed by atoms with van der Waals surface area (Å²) in [5.74, 6) is 0.479. The molecule has 2 aromatic heterocycles. The Bertz CT molecular complexity index is 1110. The summed E-state index contributed by atoms with van der Waals surface area (Å²) in [7, 11) is 1.35. The number of methoxy groups -OCH3 is 1. The molecule has 7 nitrogen and oxygen atoms in total. The second kappa shape index (κ2) is 9.59. The first-order chi connectivity index (χ1) is 15.2. The quantitative estimate of drug-likeness (QED) is 0.531. The van der Waals surface area contributed by atoms with Crippen LogP contribution in [0.25, 0.3) is 11.9 Å². The van der Waals surface area contributed by atoms with Crippen LogP contribution in [0.15, 0.2) is 54.7 Å². The van der Waals surface area contributed by atoms with Crippen molar-refractivity contribution >= 4 is 17.8 Å². The Morgan fingerprint density at radius 3 is 2.59 bits per heavy atom. The topological polar surface area (TPSA) is 78.3 Å². The van der Waals surface area contributed by atoms with Crippen molar-refractivity contribution in [3.05, 3.63) is 66.0 Å². The summed E-state index contributed by atoms with van der Waals surface area (Å²) in [6.45, 7) is 3.00. The van der Waals surface area contributed by atoms with E-state index in [1.54, 1.807) is 41.2 Å². The minimum atomic E-state index is -3.03. The smallest absolute Gasteiger partial charge is 0.387 e. The van der Waals surface area contributed by atoms with Gasteiger partial charge in [0.15, 0.2) is 17.3 Å². The number of para-hydroxylation sites is 1. The maximum atomic E-state index is 12.8. The number of hydrogen-bond acceptors (Lipinski definition) is 5. The fourth-order valence-corrected chi connectivity index (χ4v) is 2.86. The molecule has 1 amide bonds. The highest BCUT2D eigenvalue weighted by atomic mass is 19.3. The van der Waals surface area contributed by atoms with Crippen molar-refractivity contribution in [3.8, 4) is 17.3 Å². The SMILES string of the molecule is COc1cccc(/C=C/C(=O)Nc2cc(C(C)(C)C)nn2-c2ccccn2)c1OC(F)F. The molecule has 0 aliphatic carbocycles. The van der Waals surface area contributed by atoms with Crippen LogP contribution in [0, 0.1) is 0 Å². The van der Waals surface area contributed by atoms with E-state index < -0.39 is 12.5 Å². The molecule has 0 spiro atoms. The van der Waals surface area contributed by atoms with Gasteiger partial charge in [0.05, 0.1) is 12.8 Å². The Hall–Kier alpha value is -3.75. The second-order valence-corrected chi connectivity index (χ2v) is 7.84. The van der Waals surface area contributed by atoms with E-state index in [1.807, 2.05) is 26.8 Å². The molecule has 32 heavy (non-hydrogen) atoms. The number of nitrogens with one attached hydrogen (secondary N) is 1. The third kappa shape index (κ3) is 5.48. The summed E-state index contributed by atoms with van der Waals surface area (Å²) in [5.41, 5.74) is 0.786. The molecular formula is C23H24F2N4O3. The van der Waals surface area contributed by atoms with E-state index in [0.717, 1.165) is 5.69 Å². The van der Waals surface area contributed by atoms with Gasteiger partial charge in [-0.05, 0) is 24.3 Å². The van der Waals surface area contributed by atoms with Crippen molar-refractivity contribution in [2.24, 2.45) is 0 Å². The zero-order valence-corrected chi connectivity index (χ0v) is 18.2. The van der Waals surface area contributed by atoms with E-state index in [0.29, 0.717) is 11.6 Å². The van der Waals surface area contributed by atoms with Crippen LogP contribution in [0.5, 0.6) is 11.5 Å². The van der Waals surface area contributed by atoms with E-state index in [2.05, 4.69) is 20.1 Å². The molecule has 0 aliphatic heterocycles. The summed E-state index contributed by atoms with van der Waals surface area (Å²) >= 11 is 0. The number of nitrogens with zero attached hydrogens (tertiary/aromatic N) is 3. The lowest BCUT2D eigenvalue weighted by molar-refractivity contribution is -0.111. The maximum Gasteiger partial charge on any atom is 0.387 e. The zero-order valence-electron chi connectivity index (χ0n) is 18.2. The van der Waals surface area contributed by atoms with Gasteiger partial charge in [0.25, 0.3) is 0 Å². The largest absolute Gasteiger partial charge is 0.493 e. The van der Waals surface area contributed by atoms with E-state index in [4.69, 9.17) is 4.74 Å². The van der Waals surface area contributed by atoms with Crippen molar-refractivity contribution < 1.29 is 23.0 Å². The van der Waals surface area contributed by atoms with Crippen molar-refractivity contribution in [3.63, 3.8) is 0 Å². The molecule has 0 unspecified atom stereocenters. The zero-order chi connectivity index (χ0) is 23.3. The van der Waals surface area contributed by atoms with E-state index in [1.165, 1.54) is 25.3 Å². The second-order valence-electron chi connectivity index (χ2n) is 7.84. The summed E-state index contributed by atoms with van der Waals surface area (Å²) in [4.78, 5) is 16.9. The number of halogens is 2. The highest BCUT2D eigenvalue weighted by Crippen LogP contribution is 2.33. The maximum absolute atomic E-state index is 12.8. The van der Waals surface area contributed by atoms with Crippen LogP contribution in [0.1, 0.15) is 32.0 Å². The van der Waals surface area contributed by atoms with Crippen LogP contribution >= 0.6 is 0 Å². The van der Waals surface area contributed by atoms with Crippen molar-refractivity contribution in [1.82, 2.24) is 14.8 Å². The molecule has 0 saturated carbocycles. The number of amides is 1. The monoisotopic (exact) mass is 442 g/mol. The number of carbonyl (C=O) groups is 1. The number of alkyl halides is 2. The van der Waals surface area contributed by atoms with Crippen LogP contribution in [-0.2, 0) is 10.2 Å². The van der Waals surface area contributed by atoms with E-state index >= 15 is 0 Å². The molecule has 1 N–H and O–H groups in total. The molecule has 1 aromatic carbocycles. The molecular weight excluding hydrogens is 418 g/mol. The van der Waals surface area contributed by atoms with E-state index in [-0.39, 0.29) is 22.5 Å². The number of pyridine rings is 1. The van der Waals surface area contributed by atoms with E-state index in [9.17, 15) is 13.6 Å². The van der Waals surface area contributed by atoms with Gasteiger partial charge < -0.3 is 14.8 Å². The van der Waals surface area contributed by atoms with Gasteiger partial charge in [-0.2, -0.15) is 18.6 Å². The summed E-state index contributed by atoms with van der Waals surface area (Å²) in [6, 6.07) is 11.8. The molecule has 0 atom stereocenters. The molecule has 3 aromatic rings. The lowest BCUT2D eigenvalue weighted by Crippen LogP contribution is -2.14. The molecule has 0 fully saturated rings. The summed E-state index contributed by atoms with van der Waals surface area (Å²) < 4.78 is 36.8. The fourth-order valence-electron chi connectivity index (χ4n) is 2.86. The lowest BCUT2D eigenvalue weighted by Gasteiger charge is -2.13. The van der Waals surface area contributed by atoms with Gasteiger partial charge in [-0.15, -0.1) is 0 Å². The third-order valence-corrected chi connectivity index (χ3v) is 4.45. The fraction of sp³-hybridized carbons (Fsp3) is 0.261. The number of rotatable bonds is 7. The Kier molecular flexibility index (Phi) is 6.87. The standard InChI is InChI=1S/C23H24F2N4O3/c1-23(2,3)17-14-19(29(28-17)18-10-5-6-13-26-18)27-20(30)12-11-15-8-7-9-16(31-4)21(15)32-22(24)25/h5-14,22H,1-4H3,(H,27,30)/b12-11+. The van der Waals surface area contributed by atoms with Crippen molar-refractivity contribution in [1.29, 1.82) is 0 Å². The lowest BCUT2D eigenvalue weighted by atomic mass is 9.92. The molecule has 0 bridgehead atoms. The van der Waals surface area contributed by atoms with Crippen LogP contribution in [-0.4, -0.2) is 34.4 Å². The number of ether oxygens (including phenoxy) is 2. The van der Waals surface area contributed by atoms with Crippen LogP contribution < -0.4 is 14.8 Å². The third-order valence-electron chi connectivity index (χ3n) is 4.45. The molecule has 0 radical (unpaired) electrons. The minimum absolute atomic E-state index is 0.135. The average Bonchev–Trinajstić information content (AvgIpc) is 3.17. The van der Waals surface area contributed by atoms with Crippen molar-refractivity contribution in [2.75, 3.05) is 12.4 Å². The first kappa shape index (κ1) is 22.9. The Labute approximate surface area is 184 Å². The van der Waals surface area contributed by atoms with Gasteiger partial charge in [0.1, 0.15) is 5.82 Å². The molecule has 2 heterocycles. The highest BCUT2D eigenvalue weighted by Gasteiger charge is 2.21. The predicted molar refractivity (Wildman–Crippen MR) is 117 cm³/mol. The van der Waals surface area contributed by atoms with Gasteiger partial charge in [-0.3, -0.25) is 4.79 Å². The molecule has 0 saturated heterocycles. The average molecular weight is 442 g/mol. The molecule has 3 rings (SSSR count). The normalized spacial score (nSPS) is 11.7. The summed E-state index contributed by atoms with van der Waals surface area (Å²) in [6.07, 6.45) is 4.23. The Morgan fingerprint density at radius 2 is 1.97 bits per heavy atom.